The zero-order chi connectivity index (χ0) is 12.7. The largest absolute Gasteiger partial charge is 0.319 e. The van der Waals surface area contributed by atoms with E-state index in [1.54, 1.807) is 0 Å². The highest BCUT2D eigenvalue weighted by atomic mass is 79.9. The van der Waals surface area contributed by atoms with Crippen LogP contribution in [0, 0.1) is 0 Å². The Balaban J connectivity index is 2.23. The van der Waals surface area contributed by atoms with Crippen molar-refractivity contribution < 1.29 is 0 Å². The molecule has 0 bridgehead atoms. The number of para-hydroxylation sites is 1. The lowest BCUT2D eigenvalue weighted by molar-refractivity contribution is 0.744. The quantitative estimate of drug-likeness (QED) is 0.806. The molecule has 1 N–H and O–H groups in total. The maximum Gasteiger partial charge on any atom is 0.214 e. The maximum absolute atomic E-state index is 4.70. The maximum atomic E-state index is 4.70. The number of aromatic nitrogens is 3. The summed E-state index contributed by atoms with van der Waals surface area (Å²) in [7, 11) is 4.04. The van der Waals surface area contributed by atoms with Crippen molar-refractivity contribution in [2.75, 3.05) is 13.6 Å². The van der Waals surface area contributed by atoms with Crippen LogP contribution in [0.5, 0.6) is 0 Å². The second-order valence-electron chi connectivity index (χ2n) is 4.42. The van der Waals surface area contributed by atoms with Crippen LogP contribution < -0.4 is 5.32 Å². The summed E-state index contributed by atoms with van der Waals surface area (Å²) in [6, 6.07) is 6.17. The zero-order valence-electron chi connectivity index (χ0n) is 10.4. The Morgan fingerprint density at radius 3 is 3.00 bits per heavy atom. The second-order valence-corrected chi connectivity index (χ2v) is 5.28. The van der Waals surface area contributed by atoms with Gasteiger partial charge in [-0.25, -0.2) is 4.98 Å². The van der Waals surface area contributed by atoms with E-state index in [4.69, 9.17) is 4.98 Å². The zero-order valence-corrected chi connectivity index (χ0v) is 12.0. The van der Waals surface area contributed by atoms with Gasteiger partial charge in [-0.15, -0.1) is 0 Å². The molecule has 18 heavy (non-hydrogen) atoms. The van der Waals surface area contributed by atoms with Crippen molar-refractivity contribution in [2.45, 2.75) is 6.42 Å². The van der Waals surface area contributed by atoms with Crippen LogP contribution in [-0.4, -0.2) is 27.5 Å². The molecule has 94 valence electrons. The molecule has 0 radical (unpaired) electrons. The van der Waals surface area contributed by atoms with Gasteiger partial charge in [-0.3, -0.25) is 4.40 Å². The number of halogens is 1. The van der Waals surface area contributed by atoms with Crippen molar-refractivity contribution >= 4 is 32.7 Å². The Morgan fingerprint density at radius 1 is 1.39 bits per heavy atom. The molecule has 1 aromatic carbocycles. The lowest BCUT2D eigenvalue weighted by atomic mass is 10.3. The molecule has 5 heteroatoms. The molecule has 2 aromatic heterocycles. The molecular formula is C13H15BrN4. The summed E-state index contributed by atoms with van der Waals surface area (Å²) in [4.78, 5) is 4.70. The van der Waals surface area contributed by atoms with Crippen LogP contribution in [0.4, 0.5) is 0 Å². The third-order valence-electron chi connectivity index (χ3n) is 3.29. The summed E-state index contributed by atoms with van der Waals surface area (Å²) >= 11 is 3.55. The molecule has 0 aliphatic rings. The first-order chi connectivity index (χ1) is 8.72. The van der Waals surface area contributed by atoms with Crippen LogP contribution in [0.1, 0.15) is 5.69 Å². The van der Waals surface area contributed by atoms with Crippen molar-refractivity contribution in [3.63, 3.8) is 0 Å². The highest BCUT2D eigenvalue weighted by molar-refractivity contribution is 9.10. The molecule has 3 aromatic rings. The van der Waals surface area contributed by atoms with Gasteiger partial charge in [0, 0.05) is 36.4 Å². The molecule has 0 aliphatic heterocycles. The van der Waals surface area contributed by atoms with E-state index < -0.39 is 0 Å². The van der Waals surface area contributed by atoms with Gasteiger partial charge in [-0.05, 0) is 35.1 Å². The molecule has 0 saturated carbocycles. The Bertz CT molecular complexity index is 710. The first kappa shape index (κ1) is 11.7. The predicted octanol–water partition coefficient (Wildman–Crippen LogP) is 2.35. The van der Waals surface area contributed by atoms with Crippen LogP contribution in [0.3, 0.4) is 0 Å². The number of benzene rings is 1. The average Bonchev–Trinajstić information content (AvgIpc) is 2.87. The number of fused-ring (bicyclic) bond motifs is 3. The fraction of sp³-hybridized carbons (Fsp3) is 0.308. The lowest BCUT2D eigenvalue weighted by Crippen LogP contribution is -2.12. The second kappa shape index (κ2) is 4.40. The topological polar surface area (TPSA) is 34.3 Å². The minimum atomic E-state index is 0.975. The number of hydrogen-bond donors (Lipinski definition) is 1. The summed E-state index contributed by atoms with van der Waals surface area (Å²) in [5.41, 5.74) is 3.45. The van der Waals surface area contributed by atoms with Crippen molar-refractivity contribution in [3.8, 4) is 0 Å². The first-order valence-corrected chi connectivity index (χ1v) is 6.77. The van der Waals surface area contributed by atoms with E-state index in [1.807, 2.05) is 19.2 Å². The summed E-state index contributed by atoms with van der Waals surface area (Å²) in [5, 5.41) is 3.18. The average molecular weight is 307 g/mol. The summed E-state index contributed by atoms with van der Waals surface area (Å²) < 4.78 is 5.36. The van der Waals surface area contributed by atoms with Gasteiger partial charge in [0.25, 0.3) is 0 Å². The Hall–Kier alpha value is -1.33. The molecule has 2 heterocycles. The molecule has 3 rings (SSSR count). The van der Waals surface area contributed by atoms with Gasteiger partial charge in [0.15, 0.2) is 0 Å². The third-order valence-corrected chi connectivity index (χ3v) is 3.93. The number of nitrogens with one attached hydrogen (secondary N) is 1. The van der Waals surface area contributed by atoms with Gasteiger partial charge in [0.2, 0.25) is 5.78 Å². The number of rotatable bonds is 3. The van der Waals surface area contributed by atoms with E-state index >= 15 is 0 Å². The van der Waals surface area contributed by atoms with Gasteiger partial charge in [-0.1, -0.05) is 6.07 Å². The van der Waals surface area contributed by atoms with Gasteiger partial charge in [0.05, 0.1) is 5.52 Å². The van der Waals surface area contributed by atoms with Gasteiger partial charge >= 0.3 is 0 Å². The number of nitrogens with zero attached hydrogens (tertiary/aromatic N) is 3. The normalized spacial score (nSPS) is 11.7. The molecular weight excluding hydrogens is 292 g/mol. The van der Waals surface area contributed by atoms with Crippen molar-refractivity contribution in [3.05, 3.63) is 34.6 Å². The van der Waals surface area contributed by atoms with Crippen molar-refractivity contribution in [1.82, 2.24) is 19.3 Å². The molecule has 0 spiro atoms. The van der Waals surface area contributed by atoms with Crippen LogP contribution >= 0.6 is 15.9 Å². The Kier molecular flexibility index (Phi) is 2.87. The first-order valence-electron chi connectivity index (χ1n) is 5.98. The highest BCUT2D eigenvalue weighted by Crippen LogP contribution is 2.25. The van der Waals surface area contributed by atoms with Gasteiger partial charge < -0.3 is 9.88 Å². The van der Waals surface area contributed by atoms with E-state index in [2.05, 4.69) is 49.5 Å². The number of imidazole rings is 2. The fourth-order valence-electron chi connectivity index (χ4n) is 2.28. The number of aryl methyl sites for hydroxylation is 1. The highest BCUT2D eigenvalue weighted by Gasteiger charge is 2.12. The Morgan fingerprint density at radius 2 is 2.22 bits per heavy atom. The van der Waals surface area contributed by atoms with E-state index in [1.165, 1.54) is 5.69 Å². The molecule has 0 aliphatic carbocycles. The molecule has 0 atom stereocenters. The van der Waals surface area contributed by atoms with Crippen LogP contribution in [0.2, 0.25) is 0 Å². The van der Waals surface area contributed by atoms with E-state index in [0.717, 1.165) is 34.2 Å². The van der Waals surface area contributed by atoms with Crippen LogP contribution in [0.15, 0.2) is 28.9 Å². The van der Waals surface area contributed by atoms with E-state index in [0.29, 0.717) is 0 Å². The number of hydrogen-bond acceptors (Lipinski definition) is 2. The Labute approximate surface area is 114 Å². The SMILES string of the molecule is CNCCc1cn2c3cccc(Br)c3nc2n1C. The summed E-state index contributed by atoms with van der Waals surface area (Å²) in [6.07, 6.45) is 3.18. The standard InChI is InChI=1S/C13H15BrN4/c1-15-7-6-9-8-18-11-5-3-4-10(14)12(11)16-13(18)17(9)2/h3-5,8,15H,6-7H2,1-2H3. The summed E-state index contributed by atoms with van der Waals surface area (Å²) in [5.74, 6) is 0.989. The molecule has 0 unspecified atom stereocenters. The molecule has 0 saturated heterocycles. The lowest BCUT2D eigenvalue weighted by Gasteiger charge is -2.01. The van der Waals surface area contributed by atoms with Crippen LogP contribution in [-0.2, 0) is 13.5 Å². The van der Waals surface area contributed by atoms with E-state index in [-0.39, 0.29) is 0 Å². The predicted molar refractivity (Wildman–Crippen MR) is 77.0 cm³/mol. The van der Waals surface area contributed by atoms with Crippen molar-refractivity contribution in [1.29, 1.82) is 0 Å². The van der Waals surface area contributed by atoms with Gasteiger partial charge in [0.1, 0.15) is 5.52 Å². The monoisotopic (exact) mass is 306 g/mol. The summed E-state index contributed by atoms with van der Waals surface area (Å²) in [6.45, 7) is 0.975. The molecule has 0 amide bonds. The minimum absolute atomic E-state index is 0.975. The van der Waals surface area contributed by atoms with Gasteiger partial charge in [-0.2, -0.15) is 0 Å². The van der Waals surface area contributed by atoms with Crippen molar-refractivity contribution in [2.24, 2.45) is 7.05 Å². The third kappa shape index (κ3) is 1.66. The molecule has 0 fully saturated rings. The smallest absolute Gasteiger partial charge is 0.214 e. The van der Waals surface area contributed by atoms with E-state index in [9.17, 15) is 0 Å². The van der Waals surface area contributed by atoms with Crippen LogP contribution in [0.25, 0.3) is 16.8 Å². The fourth-order valence-corrected chi connectivity index (χ4v) is 2.73. The minimum Gasteiger partial charge on any atom is -0.319 e. The number of likely N-dealkylation sites (N-methyl/N-ethyl adjacent to an activating group) is 1. The molecule has 4 nitrogen and oxygen atoms in total.